The van der Waals surface area contributed by atoms with Gasteiger partial charge in [0.15, 0.2) is 11.0 Å². The summed E-state index contributed by atoms with van der Waals surface area (Å²) in [6.45, 7) is 5.87. The van der Waals surface area contributed by atoms with Crippen molar-refractivity contribution in [2.24, 2.45) is 0 Å². The monoisotopic (exact) mass is 351 g/mol. The molecule has 0 aliphatic heterocycles. The first-order valence-corrected chi connectivity index (χ1v) is 8.95. The normalized spacial score (nSPS) is 11.3. The molecule has 0 N–H and O–H groups in total. The van der Waals surface area contributed by atoms with E-state index in [2.05, 4.69) is 40.4 Å². The highest BCUT2D eigenvalue weighted by atomic mass is 32.2. The molecule has 4 rings (SSSR count). The zero-order valence-electron chi connectivity index (χ0n) is 14.2. The first-order valence-electron chi connectivity index (χ1n) is 7.96. The number of nitrogens with zero attached hydrogens (tertiary/aromatic N) is 5. The largest absolute Gasteiger partial charge is 0.340 e. The molecule has 3 heterocycles. The summed E-state index contributed by atoms with van der Waals surface area (Å²) in [6, 6.07) is 12.3. The second-order valence-electron chi connectivity index (χ2n) is 5.86. The van der Waals surface area contributed by atoms with Crippen LogP contribution in [-0.4, -0.2) is 24.7 Å². The molecule has 0 unspecified atom stereocenters. The van der Waals surface area contributed by atoms with Crippen molar-refractivity contribution in [3.63, 3.8) is 0 Å². The van der Waals surface area contributed by atoms with Gasteiger partial charge < -0.3 is 4.52 Å². The van der Waals surface area contributed by atoms with Gasteiger partial charge in [-0.2, -0.15) is 10.1 Å². The Morgan fingerprint density at radius 3 is 2.60 bits per heavy atom. The molecule has 0 saturated carbocycles. The predicted octanol–water partition coefficient (Wildman–Crippen LogP) is 4.00. The zero-order chi connectivity index (χ0) is 17.4. The number of imidazole rings is 1. The molecule has 25 heavy (non-hydrogen) atoms. The van der Waals surface area contributed by atoms with E-state index < -0.39 is 0 Å². The molecule has 0 aliphatic rings. The Morgan fingerprint density at radius 1 is 1.08 bits per heavy atom. The summed E-state index contributed by atoms with van der Waals surface area (Å²) in [4.78, 5) is 9.11. The van der Waals surface area contributed by atoms with Crippen molar-refractivity contribution in [3.05, 3.63) is 59.4 Å². The maximum atomic E-state index is 5.04. The first kappa shape index (κ1) is 15.8. The Hall–Kier alpha value is -2.67. The van der Waals surface area contributed by atoms with Crippen LogP contribution < -0.4 is 0 Å². The summed E-state index contributed by atoms with van der Waals surface area (Å²) in [7, 11) is 0. The molecule has 3 aromatic heterocycles. The summed E-state index contributed by atoms with van der Waals surface area (Å²) < 4.78 is 6.96. The van der Waals surface area contributed by atoms with E-state index in [1.807, 2.05) is 29.6 Å². The van der Waals surface area contributed by atoms with E-state index in [0.717, 1.165) is 33.2 Å². The van der Waals surface area contributed by atoms with Gasteiger partial charge in [0.1, 0.15) is 0 Å². The van der Waals surface area contributed by atoms with Gasteiger partial charge >= 0.3 is 0 Å². The molecular weight excluding hydrogens is 334 g/mol. The number of rotatable bonds is 4. The van der Waals surface area contributed by atoms with E-state index in [4.69, 9.17) is 9.51 Å². The van der Waals surface area contributed by atoms with E-state index in [0.29, 0.717) is 17.5 Å². The maximum absolute atomic E-state index is 5.04. The second-order valence-corrected chi connectivity index (χ2v) is 6.80. The number of hydrogen-bond donors (Lipinski definition) is 0. The highest BCUT2D eigenvalue weighted by Crippen LogP contribution is 2.31. The Balaban J connectivity index is 1.81. The predicted molar refractivity (Wildman–Crippen MR) is 96.5 cm³/mol. The van der Waals surface area contributed by atoms with Gasteiger partial charge in [-0.25, -0.2) is 9.50 Å². The van der Waals surface area contributed by atoms with Crippen LogP contribution in [0.3, 0.4) is 0 Å². The standard InChI is InChI=1S/C18H17N5OS/c1-11-9-12(2)21-23-17(11)16(14-7-5-4-6-8-14)20-18(23)25-10-15-19-13(3)24-22-15/h4-9H,10H2,1-3H3. The van der Waals surface area contributed by atoms with Crippen LogP contribution in [-0.2, 0) is 5.75 Å². The number of hydrogen-bond acceptors (Lipinski definition) is 6. The number of aryl methyl sites for hydroxylation is 3. The third kappa shape index (κ3) is 3.02. The quantitative estimate of drug-likeness (QED) is 0.518. The average molecular weight is 351 g/mol. The fraction of sp³-hybridized carbons (Fsp3) is 0.222. The van der Waals surface area contributed by atoms with Gasteiger partial charge in [-0.05, 0) is 25.5 Å². The molecule has 0 bridgehead atoms. The Morgan fingerprint density at radius 2 is 1.88 bits per heavy atom. The van der Waals surface area contributed by atoms with Crippen molar-refractivity contribution in [1.82, 2.24) is 24.7 Å². The van der Waals surface area contributed by atoms with E-state index in [-0.39, 0.29) is 0 Å². The van der Waals surface area contributed by atoms with Crippen LogP contribution in [0.25, 0.3) is 16.8 Å². The molecule has 0 atom stereocenters. The Kier molecular flexibility index (Phi) is 4.01. The topological polar surface area (TPSA) is 69.1 Å². The molecule has 0 radical (unpaired) electrons. The zero-order valence-corrected chi connectivity index (χ0v) is 15.0. The summed E-state index contributed by atoms with van der Waals surface area (Å²) in [5.74, 6) is 1.81. The van der Waals surface area contributed by atoms with Crippen LogP contribution in [0.2, 0.25) is 0 Å². The molecule has 0 amide bonds. The van der Waals surface area contributed by atoms with Crippen LogP contribution in [0.15, 0.2) is 46.1 Å². The maximum Gasteiger partial charge on any atom is 0.223 e. The van der Waals surface area contributed by atoms with Crippen LogP contribution in [0.4, 0.5) is 0 Å². The van der Waals surface area contributed by atoms with Crippen LogP contribution in [0, 0.1) is 20.8 Å². The van der Waals surface area contributed by atoms with Gasteiger partial charge in [0.2, 0.25) is 5.89 Å². The van der Waals surface area contributed by atoms with Gasteiger partial charge in [-0.15, -0.1) is 0 Å². The minimum Gasteiger partial charge on any atom is -0.340 e. The number of benzene rings is 1. The smallest absolute Gasteiger partial charge is 0.223 e. The highest BCUT2D eigenvalue weighted by Gasteiger charge is 2.17. The molecule has 7 heteroatoms. The van der Waals surface area contributed by atoms with Crippen molar-refractivity contribution in [1.29, 1.82) is 0 Å². The molecule has 6 nitrogen and oxygen atoms in total. The van der Waals surface area contributed by atoms with Crippen molar-refractivity contribution in [3.8, 4) is 11.3 Å². The van der Waals surface area contributed by atoms with E-state index in [9.17, 15) is 0 Å². The molecule has 4 aromatic rings. The lowest BCUT2D eigenvalue weighted by Crippen LogP contribution is -1.98. The lowest BCUT2D eigenvalue weighted by molar-refractivity contribution is 0.389. The molecule has 0 aliphatic carbocycles. The van der Waals surface area contributed by atoms with Crippen molar-refractivity contribution >= 4 is 17.3 Å². The molecule has 1 aromatic carbocycles. The molecule has 126 valence electrons. The second kappa shape index (κ2) is 6.33. The third-order valence-corrected chi connectivity index (χ3v) is 4.75. The average Bonchev–Trinajstić information content (AvgIpc) is 3.17. The van der Waals surface area contributed by atoms with E-state index >= 15 is 0 Å². The fourth-order valence-corrected chi connectivity index (χ4v) is 3.61. The summed E-state index contributed by atoms with van der Waals surface area (Å²) in [6.07, 6.45) is 0. The highest BCUT2D eigenvalue weighted by molar-refractivity contribution is 7.98. The minimum atomic E-state index is 0.568. The number of aromatic nitrogens is 5. The SMILES string of the molecule is Cc1cc(C)c2c(-c3ccccc3)nc(SCc3noc(C)n3)n2n1. The Labute approximate surface area is 149 Å². The van der Waals surface area contributed by atoms with Gasteiger partial charge in [0, 0.05) is 12.5 Å². The van der Waals surface area contributed by atoms with Crippen LogP contribution in [0.1, 0.15) is 23.0 Å². The molecule has 0 fully saturated rings. The van der Waals surface area contributed by atoms with Gasteiger partial charge in [0.05, 0.1) is 22.7 Å². The van der Waals surface area contributed by atoms with Crippen molar-refractivity contribution in [2.75, 3.05) is 0 Å². The van der Waals surface area contributed by atoms with Gasteiger partial charge in [-0.1, -0.05) is 47.3 Å². The third-order valence-electron chi connectivity index (χ3n) is 3.83. The number of fused-ring (bicyclic) bond motifs is 1. The number of thioether (sulfide) groups is 1. The summed E-state index contributed by atoms with van der Waals surface area (Å²) in [5.41, 5.74) is 5.16. The fourth-order valence-electron chi connectivity index (χ4n) is 2.83. The molecule has 0 saturated heterocycles. The lowest BCUT2D eigenvalue weighted by Gasteiger charge is -2.04. The Bertz CT molecular complexity index is 1040. The van der Waals surface area contributed by atoms with E-state index in [1.165, 1.54) is 0 Å². The van der Waals surface area contributed by atoms with E-state index in [1.54, 1.807) is 18.7 Å². The van der Waals surface area contributed by atoms with Crippen LogP contribution in [0.5, 0.6) is 0 Å². The lowest BCUT2D eigenvalue weighted by atomic mass is 10.1. The van der Waals surface area contributed by atoms with Crippen LogP contribution >= 0.6 is 11.8 Å². The minimum absolute atomic E-state index is 0.568. The van der Waals surface area contributed by atoms with Gasteiger partial charge in [0.25, 0.3) is 0 Å². The van der Waals surface area contributed by atoms with Crippen molar-refractivity contribution in [2.45, 2.75) is 31.7 Å². The van der Waals surface area contributed by atoms with Crippen molar-refractivity contribution < 1.29 is 4.52 Å². The summed E-state index contributed by atoms with van der Waals surface area (Å²) >= 11 is 1.55. The first-order chi connectivity index (χ1) is 12.1. The molecular formula is C18H17N5OS. The van der Waals surface area contributed by atoms with Gasteiger partial charge in [-0.3, -0.25) is 0 Å². The molecule has 0 spiro atoms. The summed E-state index contributed by atoms with van der Waals surface area (Å²) in [5, 5.41) is 9.44.